The van der Waals surface area contributed by atoms with Crippen molar-refractivity contribution in [3.05, 3.63) is 111 Å². The predicted octanol–water partition coefficient (Wildman–Crippen LogP) is 5.43. The highest BCUT2D eigenvalue weighted by Crippen LogP contribution is 2.42. The van der Waals surface area contributed by atoms with E-state index in [1.54, 1.807) is 12.1 Å². The molecule has 176 valence electrons. The number of anilines is 1. The fourth-order valence-electron chi connectivity index (χ4n) is 3.83. The molecule has 1 heterocycles. The van der Waals surface area contributed by atoms with Crippen molar-refractivity contribution in [2.45, 2.75) is 25.0 Å². The highest BCUT2D eigenvalue weighted by Gasteiger charge is 2.40. The van der Waals surface area contributed by atoms with Gasteiger partial charge in [-0.05, 0) is 54.7 Å². The van der Waals surface area contributed by atoms with E-state index in [-0.39, 0.29) is 11.5 Å². The van der Waals surface area contributed by atoms with Crippen LogP contribution in [0.2, 0.25) is 5.02 Å². The Kier molecular flexibility index (Phi) is 7.91. The molecule has 0 aliphatic carbocycles. The summed E-state index contributed by atoms with van der Waals surface area (Å²) in [6.45, 7) is 2.31. The molecule has 1 N–H and O–H groups in total. The van der Waals surface area contributed by atoms with E-state index in [4.69, 9.17) is 11.6 Å². The Morgan fingerprint density at radius 1 is 1.06 bits per heavy atom. The van der Waals surface area contributed by atoms with E-state index in [0.29, 0.717) is 35.1 Å². The quantitative estimate of drug-likeness (QED) is 0.346. The molecule has 0 bridgehead atoms. The number of nitrogens with one attached hydrogen (secondary N) is 1. The Labute approximate surface area is 214 Å². The number of aryl methyl sites for hydroxylation is 1. The number of nitrogens with zero attached hydrogens (tertiary/aromatic N) is 2. The van der Waals surface area contributed by atoms with E-state index >= 15 is 0 Å². The number of amides is 2. The van der Waals surface area contributed by atoms with Gasteiger partial charge in [0.25, 0.3) is 5.91 Å². The van der Waals surface area contributed by atoms with E-state index in [1.807, 2.05) is 79.7 Å². The summed E-state index contributed by atoms with van der Waals surface area (Å²) in [5.41, 5.74) is 3.53. The normalized spacial score (nSPS) is 16.7. The van der Waals surface area contributed by atoms with E-state index in [9.17, 15) is 14.9 Å². The lowest BCUT2D eigenvalue weighted by molar-refractivity contribution is -0.117. The van der Waals surface area contributed by atoms with Gasteiger partial charge >= 0.3 is 0 Å². The number of thioether (sulfide) groups is 1. The number of hydrogen-bond acceptors (Lipinski definition) is 4. The lowest BCUT2D eigenvalue weighted by Gasteiger charge is -2.18. The first kappa shape index (κ1) is 24.6. The van der Waals surface area contributed by atoms with Crippen molar-refractivity contribution in [2.24, 2.45) is 0 Å². The molecule has 5 nitrogen and oxygen atoms in total. The molecule has 0 unspecified atom stereocenters. The highest BCUT2D eigenvalue weighted by atomic mass is 35.5. The lowest BCUT2D eigenvalue weighted by atomic mass is 10.1. The average Bonchev–Trinajstić information content (AvgIpc) is 3.18. The van der Waals surface area contributed by atoms with E-state index < -0.39 is 11.2 Å². The van der Waals surface area contributed by atoms with Crippen LogP contribution in [0, 0.1) is 18.3 Å². The van der Waals surface area contributed by atoms with Crippen LogP contribution in [0.3, 0.4) is 0 Å². The van der Waals surface area contributed by atoms with Crippen LogP contribution in [0.1, 0.15) is 16.7 Å². The number of halogens is 1. The summed E-state index contributed by atoms with van der Waals surface area (Å²) in [6, 6.07) is 26.7. The molecule has 0 saturated carbocycles. The van der Waals surface area contributed by atoms with Gasteiger partial charge in [-0.15, -0.1) is 0 Å². The van der Waals surface area contributed by atoms with Crippen LogP contribution in [0.5, 0.6) is 0 Å². The SMILES string of the molecule is Cc1ccc(C[C@H]2S/C(=C(/C#N)C(=O)NCCc3ccccc3)N(c3ccccc3)C2=O)cc1Cl. The zero-order chi connectivity index (χ0) is 24.8. The first-order valence-corrected chi connectivity index (χ1v) is 12.5. The van der Waals surface area contributed by atoms with E-state index in [1.165, 1.54) is 16.7 Å². The second kappa shape index (κ2) is 11.3. The zero-order valence-electron chi connectivity index (χ0n) is 19.2. The molecule has 0 spiro atoms. The molecular formula is C28H24ClN3O2S. The van der Waals surface area contributed by atoms with Crippen LogP contribution in [0.15, 0.2) is 89.5 Å². The molecule has 35 heavy (non-hydrogen) atoms. The van der Waals surface area contributed by atoms with Gasteiger partial charge in [0.1, 0.15) is 16.7 Å². The van der Waals surface area contributed by atoms with Crippen molar-refractivity contribution in [3.8, 4) is 6.07 Å². The number of carbonyl (C=O) groups excluding carboxylic acids is 2. The molecule has 0 radical (unpaired) electrons. The van der Waals surface area contributed by atoms with Crippen molar-refractivity contribution in [1.29, 1.82) is 5.26 Å². The number of rotatable bonds is 7. The third-order valence-corrected chi connectivity index (χ3v) is 7.39. The van der Waals surface area contributed by atoms with Crippen LogP contribution in [-0.4, -0.2) is 23.6 Å². The third kappa shape index (κ3) is 5.76. The van der Waals surface area contributed by atoms with Crippen molar-refractivity contribution in [2.75, 3.05) is 11.4 Å². The van der Waals surface area contributed by atoms with Gasteiger partial charge in [0.05, 0.1) is 5.25 Å². The Bertz CT molecular complexity index is 1300. The Morgan fingerprint density at radius 3 is 2.40 bits per heavy atom. The topological polar surface area (TPSA) is 73.2 Å². The number of nitriles is 1. The minimum Gasteiger partial charge on any atom is -0.351 e. The Balaban J connectivity index is 1.60. The molecule has 1 aliphatic rings. The molecule has 7 heteroatoms. The highest BCUT2D eigenvalue weighted by molar-refractivity contribution is 8.05. The van der Waals surface area contributed by atoms with Gasteiger partial charge < -0.3 is 5.32 Å². The van der Waals surface area contributed by atoms with Gasteiger partial charge in [-0.3, -0.25) is 14.5 Å². The molecule has 2 amide bonds. The number of benzene rings is 3. The molecule has 3 aromatic carbocycles. The first-order chi connectivity index (χ1) is 17.0. The Morgan fingerprint density at radius 2 is 1.74 bits per heavy atom. The van der Waals surface area contributed by atoms with Crippen LogP contribution in [-0.2, 0) is 22.4 Å². The van der Waals surface area contributed by atoms with Crippen molar-refractivity contribution in [3.63, 3.8) is 0 Å². The van der Waals surface area contributed by atoms with E-state index in [2.05, 4.69) is 5.32 Å². The second-order valence-corrected chi connectivity index (χ2v) is 9.79. The van der Waals surface area contributed by atoms with Gasteiger partial charge in [0.15, 0.2) is 0 Å². The van der Waals surface area contributed by atoms with Crippen LogP contribution in [0.25, 0.3) is 0 Å². The summed E-state index contributed by atoms with van der Waals surface area (Å²) < 4.78 is 0. The van der Waals surface area contributed by atoms with Crippen LogP contribution in [0.4, 0.5) is 5.69 Å². The molecular weight excluding hydrogens is 478 g/mol. The second-order valence-electron chi connectivity index (χ2n) is 8.19. The predicted molar refractivity (Wildman–Crippen MR) is 141 cm³/mol. The fourth-order valence-corrected chi connectivity index (χ4v) is 5.34. The lowest BCUT2D eigenvalue weighted by Crippen LogP contribution is -2.32. The maximum atomic E-state index is 13.5. The summed E-state index contributed by atoms with van der Waals surface area (Å²) in [4.78, 5) is 28.0. The van der Waals surface area contributed by atoms with Crippen molar-refractivity contribution < 1.29 is 9.59 Å². The van der Waals surface area contributed by atoms with Gasteiger partial charge in [-0.1, -0.05) is 84.0 Å². The number of para-hydroxylation sites is 1. The van der Waals surface area contributed by atoms with Gasteiger partial charge in [0.2, 0.25) is 5.91 Å². The minimum atomic E-state index is -0.487. The molecule has 3 aromatic rings. The van der Waals surface area contributed by atoms with Gasteiger partial charge in [-0.2, -0.15) is 5.26 Å². The monoisotopic (exact) mass is 501 g/mol. The first-order valence-electron chi connectivity index (χ1n) is 11.2. The summed E-state index contributed by atoms with van der Waals surface area (Å²) in [5.74, 6) is -0.656. The fraction of sp³-hybridized carbons (Fsp3) is 0.179. The van der Waals surface area contributed by atoms with Crippen molar-refractivity contribution in [1.82, 2.24) is 5.32 Å². The van der Waals surface area contributed by atoms with Gasteiger partial charge in [0, 0.05) is 17.3 Å². The minimum absolute atomic E-state index is 0.0651. The molecule has 1 aliphatic heterocycles. The standard InChI is InChI=1S/C28H24ClN3O2S/c1-19-12-13-21(16-24(19)29)17-25-27(34)32(22-10-6-3-7-11-22)28(35-25)23(18-30)26(33)31-15-14-20-8-4-2-5-9-20/h2-13,16,25H,14-15,17H2,1H3,(H,31,33)/b28-23-/t25-/m1/s1. The summed E-state index contributed by atoms with van der Waals surface area (Å²) >= 11 is 7.54. The smallest absolute Gasteiger partial charge is 0.264 e. The van der Waals surface area contributed by atoms with Crippen molar-refractivity contribution >= 4 is 40.9 Å². The van der Waals surface area contributed by atoms with Crippen LogP contribution < -0.4 is 10.2 Å². The largest absolute Gasteiger partial charge is 0.351 e. The molecule has 1 atom stereocenters. The number of carbonyl (C=O) groups is 2. The summed E-state index contributed by atoms with van der Waals surface area (Å²) in [6.07, 6.45) is 1.08. The van der Waals surface area contributed by atoms with E-state index in [0.717, 1.165) is 16.7 Å². The summed E-state index contributed by atoms with van der Waals surface area (Å²) in [7, 11) is 0. The maximum absolute atomic E-state index is 13.5. The number of hydrogen-bond donors (Lipinski definition) is 1. The molecule has 1 saturated heterocycles. The maximum Gasteiger partial charge on any atom is 0.264 e. The zero-order valence-corrected chi connectivity index (χ0v) is 20.8. The Hall–Kier alpha value is -3.53. The molecule has 4 rings (SSSR count). The van der Waals surface area contributed by atoms with Gasteiger partial charge in [-0.25, -0.2) is 0 Å². The summed E-state index contributed by atoms with van der Waals surface area (Å²) in [5, 5.41) is 13.3. The molecule has 1 fully saturated rings. The third-order valence-electron chi connectivity index (χ3n) is 5.72. The molecule has 0 aromatic heterocycles. The average molecular weight is 502 g/mol. The van der Waals surface area contributed by atoms with Crippen LogP contribution >= 0.6 is 23.4 Å².